The van der Waals surface area contributed by atoms with E-state index in [9.17, 15) is 9.59 Å². The summed E-state index contributed by atoms with van der Waals surface area (Å²) in [4.78, 5) is 29.3. The van der Waals surface area contributed by atoms with Gasteiger partial charge >= 0.3 is 5.97 Å². The lowest BCUT2D eigenvalue weighted by atomic mass is 9.97. The summed E-state index contributed by atoms with van der Waals surface area (Å²) in [6, 6.07) is 14.4. The molecular weight excluding hydrogens is 412 g/mol. The number of nitrogens with one attached hydrogen (secondary N) is 1. The summed E-state index contributed by atoms with van der Waals surface area (Å²) in [7, 11) is 0. The SMILES string of the molecule is CCC(C)c1ccccc1NC(=O)C(C)OC(=O)c1cccc(OCc2cscn2)c1. The first-order valence-electron chi connectivity index (χ1n) is 10.2. The third-order valence-electron chi connectivity index (χ3n) is 4.95. The third-order valence-corrected chi connectivity index (χ3v) is 5.59. The van der Waals surface area contributed by atoms with Crippen molar-refractivity contribution < 1.29 is 19.1 Å². The van der Waals surface area contributed by atoms with E-state index in [0.29, 0.717) is 23.8 Å². The molecule has 7 heteroatoms. The van der Waals surface area contributed by atoms with Crippen molar-refractivity contribution in [3.63, 3.8) is 0 Å². The van der Waals surface area contributed by atoms with Crippen LogP contribution in [0.25, 0.3) is 0 Å². The van der Waals surface area contributed by atoms with E-state index >= 15 is 0 Å². The number of hydrogen-bond donors (Lipinski definition) is 1. The first-order chi connectivity index (χ1) is 15.0. The van der Waals surface area contributed by atoms with E-state index in [2.05, 4.69) is 24.1 Å². The molecule has 162 valence electrons. The fourth-order valence-electron chi connectivity index (χ4n) is 2.96. The van der Waals surface area contributed by atoms with E-state index in [-0.39, 0.29) is 5.91 Å². The Morgan fingerprint density at radius 2 is 1.94 bits per heavy atom. The zero-order valence-corrected chi connectivity index (χ0v) is 18.6. The molecule has 3 aromatic rings. The van der Waals surface area contributed by atoms with Gasteiger partial charge in [-0.1, -0.05) is 38.1 Å². The van der Waals surface area contributed by atoms with Gasteiger partial charge in [0.05, 0.1) is 16.8 Å². The Bertz CT molecular complexity index is 1020. The number of carbonyl (C=O) groups excluding carboxylic acids is 2. The molecule has 0 aliphatic rings. The molecule has 0 spiro atoms. The van der Waals surface area contributed by atoms with Crippen molar-refractivity contribution in [1.29, 1.82) is 0 Å². The number of aromatic nitrogens is 1. The van der Waals surface area contributed by atoms with Gasteiger partial charge < -0.3 is 14.8 Å². The summed E-state index contributed by atoms with van der Waals surface area (Å²) in [6.07, 6.45) is 0.00950. The molecule has 1 aromatic heterocycles. The molecular formula is C24H26N2O4S. The van der Waals surface area contributed by atoms with Gasteiger partial charge in [0.1, 0.15) is 12.4 Å². The molecule has 0 bridgehead atoms. The van der Waals surface area contributed by atoms with Crippen molar-refractivity contribution >= 4 is 28.9 Å². The van der Waals surface area contributed by atoms with Crippen LogP contribution in [-0.2, 0) is 16.1 Å². The smallest absolute Gasteiger partial charge is 0.339 e. The largest absolute Gasteiger partial charge is 0.487 e. The fraction of sp³-hybridized carbons (Fsp3) is 0.292. The zero-order chi connectivity index (χ0) is 22.2. The van der Waals surface area contributed by atoms with Crippen molar-refractivity contribution in [3.05, 3.63) is 76.2 Å². The first kappa shape index (κ1) is 22.5. The van der Waals surface area contributed by atoms with Crippen LogP contribution in [0.4, 0.5) is 5.69 Å². The van der Waals surface area contributed by atoms with Gasteiger partial charge in [0.25, 0.3) is 5.91 Å². The average molecular weight is 439 g/mol. The van der Waals surface area contributed by atoms with Crippen molar-refractivity contribution in [2.75, 3.05) is 5.32 Å². The van der Waals surface area contributed by atoms with Crippen molar-refractivity contribution in [3.8, 4) is 5.75 Å². The zero-order valence-electron chi connectivity index (χ0n) is 17.8. The van der Waals surface area contributed by atoms with Crippen LogP contribution in [0, 0.1) is 0 Å². The number of nitrogens with zero attached hydrogens (tertiary/aromatic N) is 1. The lowest BCUT2D eigenvalue weighted by Gasteiger charge is -2.18. The Labute approximate surface area is 186 Å². The summed E-state index contributed by atoms with van der Waals surface area (Å²) < 4.78 is 11.1. The highest BCUT2D eigenvalue weighted by atomic mass is 32.1. The molecule has 0 aliphatic heterocycles. The lowest BCUT2D eigenvalue weighted by Crippen LogP contribution is -2.30. The molecule has 0 fully saturated rings. The van der Waals surface area contributed by atoms with Gasteiger partial charge in [0.2, 0.25) is 0 Å². The van der Waals surface area contributed by atoms with Crippen LogP contribution < -0.4 is 10.1 Å². The van der Waals surface area contributed by atoms with E-state index in [0.717, 1.165) is 23.4 Å². The van der Waals surface area contributed by atoms with Crippen LogP contribution in [0.15, 0.2) is 59.4 Å². The van der Waals surface area contributed by atoms with Crippen LogP contribution >= 0.6 is 11.3 Å². The number of thiazole rings is 1. The van der Waals surface area contributed by atoms with Gasteiger partial charge in [-0.3, -0.25) is 4.79 Å². The number of esters is 1. The highest BCUT2D eigenvalue weighted by Gasteiger charge is 2.21. The number of rotatable bonds is 9. The summed E-state index contributed by atoms with van der Waals surface area (Å²) in [5, 5.41) is 4.78. The number of benzene rings is 2. The molecule has 3 rings (SSSR count). The Kier molecular flexibility index (Phi) is 7.78. The molecule has 0 saturated carbocycles. The molecule has 1 N–H and O–H groups in total. The standard InChI is InChI=1S/C24H26N2O4S/c1-4-16(2)21-10-5-6-11-22(21)26-23(27)17(3)30-24(28)18-8-7-9-20(12-18)29-13-19-14-31-15-25-19/h5-12,14-17H,4,13H2,1-3H3,(H,26,27). The van der Waals surface area contributed by atoms with Gasteiger partial charge in [-0.2, -0.15) is 0 Å². The molecule has 0 saturated heterocycles. The number of amides is 1. The minimum atomic E-state index is -0.947. The fourth-order valence-corrected chi connectivity index (χ4v) is 3.50. The molecule has 0 radical (unpaired) electrons. The molecule has 0 aliphatic carbocycles. The summed E-state index contributed by atoms with van der Waals surface area (Å²) in [6.45, 7) is 6.08. The number of anilines is 1. The summed E-state index contributed by atoms with van der Waals surface area (Å²) in [5.41, 5.74) is 4.67. The van der Waals surface area contributed by atoms with Crippen LogP contribution in [0.5, 0.6) is 5.75 Å². The Morgan fingerprint density at radius 1 is 1.13 bits per heavy atom. The monoisotopic (exact) mass is 438 g/mol. The van der Waals surface area contributed by atoms with E-state index < -0.39 is 12.1 Å². The Morgan fingerprint density at radius 3 is 2.68 bits per heavy atom. The van der Waals surface area contributed by atoms with Gasteiger partial charge in [-0.05, 0) is 49.1 Å². The minimum absolute atomic E-state index is 0.307. The second-order valence-electron chi connectivity index (χ2n) is 7.23. The van der Waals surface area contributed by atoms with Crippen LogP contribution in [-0.4, -0.2) is 23.0 Å². The van der Waals surface area contributed by atoms with Crippen molar-refractivity contribution in [2.24, 2.45) is 0 Å². The van der Waals surface area contributed by atoms with Gasteiger partial charge in [0, 0.05) is 11.1 Å². The first-order valence-corrected chi connectivity index (χ1v) is 11.1. The number of hydrogen-bond acceptors (Lipinski definition) is 6. The van der Waals surface area contributed by atoms with Gasteiger partial charge in [-0.25, -0.2) is 9.78 Å². The van der Waals surface area contributed by atoms with Gasteiger partial charge in [-0.15, -0.1) is 11.3 Å². The van der Waals surface area contributed by atoms with Crippen LogP contribution in [0.2, 0.25) is 0 Å². The topological polar surface area (TPSA) is 77.5 Å². The third kappa shape index (κ3) is 6.15. The van der Waals surface area contributed by atoms with Crippen molar-refractivity contribution in [1.82, 2.24) is 4.98 Å². The maximum Gasteiger partial charge on any atom is 0.339 e. The van der Waals surface area contributed by atoms with E-state index in [1.54, 1.807) is 36.7 Å². The van der Waals surface area contributed by atoms with Crippen molar-refractivity contribution in [2.45, 2.75) is 45.8 Å². The number of para-hydroxylation sites is 1. The predicted octanol–water partition coefficient (Wildman–Crippen LogP) is 5.42. The highest BCUT2D eigenvalue weighted by Crippen LogP contribution is 2.26. The molecule has 1 heterocycles. The summed E-state index contributed by atoms with van der Waals surface area (Å²) in [5.74, 6) is -0.125. The Balaban J connectivity index is 1.60. The maximum absolute atomic E-state index is 12.6. The normalized spacial score (nSPS) is 12.6. The second kappa shape index (κ2) is 10.7. The minimum Gasteiger partial charge on any atom is -0.487 e. The number of ether oxygens (including phenoxy) is 2. The second-order valence-corrected chi connectivity index (χ2v) is 7.95. The average Bonchev–Trinajstić information content (AvgIpc) is 3.31. The number of carbonyl (C=O) groups is 2. The molecule has 6 nitrogen and oxygen atoms in total. The predicted molar refractivity (Wildman–Crippen MR) is 122 cm³/mol. The quantitative estimate of drug-likeness (QED) is 0.451. The highest BCUT2D eigenvalue weighted by molar-refractivity contribution is 7.07. The molecule has 1 amide bonds. The summed E-state index contributed by atoms with van der Waals surface area (Å²) >= 11 is 1.49. The van der Waals surface area contributed by atoms with Crippen LogP contribution in [0.1, 0.15) is 54.7 Å². The lowest BCUT2D eigenvalue weighted by molar-refractivity contribution is -0.123. The molecule has 31 heavy (non-hydrogen) atoms. The Hall–Kier alpha value is -3.19. The molecule has 2 unspecified atom stereocenters. The van der Waals surface area contributed by atoms with Crippen LogP contribution in [0.3, 0.4) is 0 Å². The van der Waals surface area contributed by atoms with E-state index in [1.807, 2.05) is 29.6 Å². The maximum atomic E-state index is 12.6. The molecule has 2 atom stereocenters. The van der Waals surface area contributed by atoms with E-state index in [4.69, 9.17) is 9.47 Å². The van der Waals surface area contributed by atoms with E-state index in [1.165, 1.54) is 11.3 Å². The molecule has 2 aromatic carbocycles. The van der Waals surface area contributed by atoms with Gasteiger partial charge in [0.15, 0.2) is 6.10 Å².